The molecule has 0 bridgehead atoms. The van der Waals surface area contributed by atoms with E-state index in [9.17, 15) is 0 Å². The maximum absolute atomic E-state index is 5.89. The molecule has 15 heavy (non-hydrogen) atoms. The molecular formula is C12H15N3. The van der Waals surface area contributed by atoms with E-state index in [2.05, 4.69) is 17.2 Å². The lowest BCUT2D eigenvalue weighted by Gasteiger charge is -2.09. The van der Waals surface area contributed by atoms with E-state index in [1.165, 1.54) is 0 Å². The third kappa shape index (κ3) is 1.86. The van der Waals surface area contributed by atoms with Crippen LogP contribution in [0.25, 0.3) is 10.8 Å². The highest BCUT2D eigenvalue weighted by Crippen LogP contribution is 2.27. The smallest absolute Gasteiger partial charge is 0.0422 e. The molecule has 0 fully saturated rings. The number of nitrogens with one attached hydrogen (secondary N) is 1. The van der Waals surface area contributed by atoms with E-state index in [1.807, 2.05) is 24.4 Å². The number of rotatable bonds is 3. The van der Waals surface area contributed by atoms with Crippen LogP contribution in [0.4, 0.5) is 11.4 Å². The number of benzene rings is 1. The van der Waals surface area contributed by atoms with E-state index >= 15 is 0 Å². The van der Waals surface area contributed by atoms with Crippen LogP contribution >= 0.6 is 0 Å². The van der Waals surface area contributed by atoms with Crippen molar-refractivity contribution in [3.05, 3.63) is 30.6 Å². The van der Waals surface area contributed by atoms with Gasteiger partial charge in [-0.1, -0.05) is 6.92 Å². The minimum absolute atomic E-state index is 0.778. The molecule has 2 rings (SSSR count). The molecule has 0 radical (unpaired) electrons. The fraction of sp³-hybridized carbons (Fsp3) is 0.250. The largest absolute Gasteiger partial charge is 0.398 e. The van der Waals surface area contributed by atoms with Crippen LogP contribution in [-0.4, -0.2) is 11.5 Å². The molecule has 0 aliphatic heterocycles. The summed E-state index contributed by atoms with van der Waals surface area (Å²) in [6.07, 6.45) is 4.71. The first kappa shape index (κ1) is 9.77. The zero-order chi connectivity index (χ0) is 10.7. The van der Waals surface area contributed by atoms with Gasteiger partial charge < -0.3 is 11.1 Å². The van der Waals surface area contributed by atoms with Crippen molar-refractivity contribution in [3.8, 4) is 0 Å². The summed E-state index contributed by atoms with van der Waals surface area (Å²) in [6, 6.07) is 5.93. The summed E-state index contributed by atoms with van der Waals surface area (Å²) in [4.78, 5) is 4.09. The van der Waals surface area contributed by atoms with Gasteiger partial charge in [0, 0.05) is 41.1 Å². The van der Waals surface area contributed by atoms with Gasteiger partial charge in [0.05, 0.1) is 0 Å². The first-order chi connectivity index (χ1) is 7.33. The molecule has 3 nitrogen and oxygen atoms in total. The first-order valence-electron chi connectivity index (χ1n) is 5.19. The van der Waals surface area contributed by atoms with Crippen LogP contribution < -0.4 is 11.1 Å². The normalized spacial score (nSPS) is 10.5. The van der Waals surface area contributed by atoms with Crippen LogP contribution in [0.3, 0.4) is 0 Å². The number of anilines is 2. The number of hydrogen-bond acceptors (Lipinski definition) is 3. The molecule has 1 aromatic heterocycles. The third-order valence-corrected chi connectivity index (χ3v) is 2.42. The second-order valence-corrected chi connectivity index (χ2v) is 3.55. The fourth-order valence-electron chi connectivity index (χ4n) is 1.63. The molecule has 0 unspecified atom stereocenters. The molecule has 2 aromatic rings. The predicted molar refractivity (Wildman–Crippen MR) is 64.9 cm³/mol. The van der Waals surface area contributed by atoms with E-state index in [4.69, 9.17) is 5.73 Å². The number of aromatic nitrogens is 1. The van der Waals surface area contributed by atoms with Crippen molar-refractivity contribution < 1.29 is 0 Å². The lowest BCUT2D eigenvalue weighted by atomic mass is 10.1. The zero-order valence-corrected chi connectivity index (χ0v) is 8.83. The van der Waals surface area contributed by atoms with Crippen LogP contribution in [0, 0.1) is 0 Å². The van der Waals surface area contributed by atoms with Gasteiger partial charge in [-0.15, -0.1) is 0 Å². The highest BCUT2D eigenvalue weighted by atomic mass is 14.9. The van der Waals surface area contributed by atoms with Crippen LogP contribution in [0.2, 0.25) is 0 Å². The first-order valence-corrected chi connectivity index (χ1v) is 5.19. The Balaban J connectivity index is 2.51. The van der Waals surface area contributed by atoms with Crippen molar-refractivity contribution in [2.45, 2.75) is 13.3 Å². The summed E-state index contributed by atoms with van der Waals surface area (Å²) in [5.74, 6) is 0. The number of nitrogens with two attached hydrogens (primary N) is 1. The van der Waals surface area contributed by atoms with Crippen molar-refractivity contribution >= 4 is 22.1 Å². The molecule has 3 N–H and O–H groups in total. The van der Waals surface area contributed by atoms with Gasteiger partial charge in [-0.25, -0.2) is 0 Å². The summed E-state index contributed by atoms with van der Waals surface area (Å²) in [6.45, 7) is 3.12. The highest BCUT2D eigenvalue weighted by molar-refractivity contribution is 6.00. The van der Waals surface area contributed by atoms with Crippen molar-refractivity contribution in [2.24, 2.45) is 0 Å². The fourth-order valence-corrected chi connectivity index (χ4v) is 1.63. The Bertz CT molecular complexity index is 465. The summed E-state index contributed by atoms with van der Waals surface area (Å²) in [5, 5.41) is 5.53. The van der Waals surface area contributed by atoms with Gasteiger partial charge in [-0.2, -0.15) is 0 Å². The van der Waals surface area contributed by atoms with Crippen LogP contribution in [0.15, 0.2) is 30.6 Å². The predicted octanol–water partition coefficient (Wildman–Crippen LogP) is 2.64. The second kappa shape index (κ2) is 4.17. The standard InChI is InChI=1S/C12H15N3/c1-2-6-15-12-4-3-11(13)10-8-14-7-5-9(10)12/h3-5,7-8,15H,2,6,13H2,1H3. The average molecular weight is 201 g/mol. The van der Waals surface area contributed by atoms with Gasteiger partial charge in [0.2, 0.25) is 0 Å². The number of hydrogen-bond donors (Lipinski definition) is 2. The molecule has 0 atom stereocenters. The molecule has 78 valence electrons. The van der Waals surface area contributed by atoms with Crippen molar-refractivity contribution in [1.29, 1.82) is 0 Å². The van der Waals surface area contributed by atoms with Crippen molar-refractivity contribution in [3.63, 3.8) is 0 Å². The minimum atomic E-state index is 0.778. The quantitative estimate of drug-likeness (QED) is 0.750. The molecule has 0 saturated carbocycles. The molecule has 0 aliphatic carbocycles. The number of pyridine rings is 1. The van der Waals surface area contributed by atoms with Gasteiger partial charge in [-0.05, 0) is 24.6 Å². The molecule has 1 heterocycles. The molecule has 0 aliphatic rings. The van der Waals surface area contributed by atoms with Gasteiger partial charge in [0.15, 0.2) is 0 Å². The Kier molecular flexibility index (Phi) is 2.72. The molecule has 0 amide bonds. The van der Waals surface area contributed by atoms with Crippen LogP contribution in [0.1, 0.15) is 13.3 Å². The lowest BCUT2D eigenvalue weighted by molar-refractivity contribution is 0.981. The summed E-state index contributed by atoms with van der Waals surface area (Å²) in [7, 11) is 0. The molecular weight excluding hydrogens is 186 g/mol. The Hall–Kier alpha value is -1.77. The Morgan fingerprint density at radius 3 is 2.93 bits per heavy atom. The van der Waals surface area contributed by atoms with Crippen molar-refractivity contribution in [1.82, 2.24) is 4.98 Å². The third-order valence-electron chi connectivity index (χ3n) is 2.42. The number of nitrogen functional groups attached to an aromatic ring is 1. The van der Waals surface area contributed by atoms with Gasteiger partial charge >= 0.3 is 0 Å². The zero-order valence-electron chi connectivity index (χ0n) is 8.83. The molecule has 0 spiro atoms. The number of fused-ring (bicyclic) bond motifs is 1. The summed E-state index contributed by atoms with van der Waals surface area (Å²) < 4.78 is 0. The van der Waals surface area contributed by atoms with E-state index in [1.54, 1.807) is 6.20 Å². The SMILES string of the molecule is CCCNc1ccc(N)c2cnccc12. The van der Waals surface area contributed by atoms with Gasteiger partial charge in [0.1, 0.15) is 0 Å². The van der Waals surface area contributed by atoms with E-state index in [0.717, 1.165) is 35.1 Å². The monoisotopic (exact) mass is 201 g/mol. The van der Waals surface area contributed by atoms with E-state index in [0.29, 0.717) is 0 Å². The Morgan fingerprint density at radius 1 is 1.27 bits per heavy atom. The molecule has 0 saturated heterocycles. The maximum atomic E-state index is 5.89. The minimum Gasteiger partial charge on any atom is -0.398 e. The Labute approximate surface area is 89.3 Å². The maximum Gasteiger partial charge on any atom is 0.0422 e. The van der Waals surface area contributed by atoms with Gasteiger partial charge in [0.25, 0.3) is 0 Å². The van der Waals surface area contributed by atoms with E-state index in [-0.39, 0.29) is 0 Å². The van der Waals surface area contributed by atoms with E-state index < -0.39 is 0 Å². The topological polar surface area (TPSA) is 50.9 Å². The number of nitrogens with zero attached hydrogens (tertiary/aromatic N) is 1. The summed E-state index contributed by atoms with van der Waals surface area (Å²) in [5.41, 5.74) is 7.79. The van der Waals surface area contributed by atoms with Crippen LogP contribution in [0.5, 0.6) is 0 Å². The lowest BCUT2D eigenvalue weighted by Crippen LogP contribution is -2.01. The Morgan fingerprint density at radius 2 is 2.13 bits per heavy atom. The van der Waals surface area contributed by atoms with Crippen LogP contribution in [-0.2, 0) is 0 Å². The highest BCUT2D eigenvalue weighted by Gasteiger charge is 2.02. The molecule has 1 aromatic carbocycles. The van der Waals surface area contributed by atoms with Crippen molar-refractivity contribution in [2.75, 3.05) is 17.6 Å². The second-order valence-electron chi connectivity index (χ2n) is 3.55. The average Bonchev–Trinajstić information content (AvgIpc) is 2.29. The van der Waals surface area contributed by atoms with Gasteiger partial charge in [-0.3, -0.25) is 4.98 Å². The molecule has 3 heteroatoms. The summed E-state index contributed by atoms with van der Waals surface area (Å²) >= 11 is 0.